The van der Waals surface area contributed by atoms with E-state index in [1.165, 1.54) is 29.7 Å². The van der Waals surface area contributed by atoms with Crippen molar-refractivity contribution in [1.82, 2.24) is 9.55 Å². The van der Waals surface area contributed by atoms with Crippen LogP contribution in [0, 0.1) is 6.92 Å². The van der Waals surface area contributed by atoms with Crippen LogP contribution in [-0.4, -0.2) is 15.5 Å². The Morgan fingerprint density at radius 2 is 2.00 bits per heavy atom. The third kappa shape index (κ3) is 4.11. The Morgan fingerprint density at radius 3 is 2.81 bits per heavy atom. The number of hydrogen-bond donors (Lipinski definition) is 1. The van der Waals surface area contributed by atoms with Gasteiger partial charge in [0.1, 0.15) is 5.82 Å². The maximum atomic E-state index is 12.2. The molecule has 138 valence electrons. The van der Waals surface area contributed by atoms with Crippen LogP contribution < -0.4 is 5.32 Å². The molecule has 0 aliphatic carbocycles. The van der Waals surface area contributed by atoms with Gasteiger partial charge in [0.25, 0.3) is 0 Å². The Morgan fingerprint density at radius 1 is 1.15 bits per heavy atom. The van der Waals surface area contributed by atoms with Gasteiger partial charge in [0.2, 0.25) is 5.91 Å². The number of carbonyl (C=O) groups excluding carboxylic acids is 1. The summed E-state index contributed by atoms with van der Waals surface area (Å²) in [4.78, 5) is 16.9. The van der Waals surface area contributed by atoms with E-state index in [1.807, 2.05) is 36.5 Å². The van der Waals surface area contributed by atoms with Gasteiger partial charge >= 0.3 is 0 Å². The summed E-state index contributed by atoms with van der Waals surface area (Å²) in [5.74, 6) is 1.07. The molecule has 1 N–H and O–H groups in total. The van der Waals surface area contributed by atoms with Crippen LogP contribution in [0.15, 0.2) is 54.7 Å². The number of aryl methyl sites for hydroxylation is 3. The van der Waals surface area contributed by atoms with Gasteiger partial charge in [-0.2, -0.15) is 0 Å². The molecule has 0 bridgehead atoms. The monoisotopic (exact) mass is 359 g/mol. The van der Waals surface area contributed by atoms with Gasteiger partial charge in [-0.1, -0.05) is 29.8 Å². The van der Waals surface area contributed by atoms with E-state index < -0.39 is 0 Å². The summed E-state index contributed by atoms with van der Waals surface area (Å²) in [6.07, 6.45) is 6.81. The quantitative estimate of drug-likeness (QED) is 0.713. The minimum absolute atomic E-state index is 0.0439. The van der Waals surface area contributed by atoms with E-state index in [0.29, 0.717) is 6.42 Å². The third-order valence-electron chi connectivity index (χ3n) is 5.15. The molecule has 2 heterocycles. The highest BCUT2D eigenvalue weighted by atomic mass is 16.1. The SMILES string of the molecule is Cc1cccc(CCC(=O)Nc2ccc(-c3ncc4n3CCCC4)cc2)c1. The summed E-state index contributed by atoms with van der Waals surface area (Å²) in [6.45, 7) is 3.12. The Bertz CT molecular complexity index is 941. The number of nitrogens with zero attached hydrogens (tertiary/aromatic N) is 2. The molecule has 0 saturated carbocycles. The number of benzene rings is 2. The van der Waals surface area contributed by atoms with Crippen molar-refractivity contribution in [2.75, 3.05) is 5.32 Å². The number of rotatable bonds is 5. The van der Waals surface area contributed by atoms with E-state index in [-0.39, 0.29) is 5.91 Å². The molecule has 0 saturated heterocycles. The molecule has 2 aromatic carbocycles. The average Bonchev–Trinajstić information content (AvgIpc) is 3.11. The number of anilines is 1. The molecule has 0 unspecified atom stereocenters. The summed E-state index contributed by atoms with van der Waals surface area (Å²) in [5.41, 5.74) is 5.68. The fraction of sp³-hybridized carbons (Fsp3) is 0.304. The number of fused-ring (bicyclic) bond motifs is 1. The van der Waals surface area contributed by atoms with Crippen molar-refractivity contribution < 1.29 is 4.79 Å². The molecule has 4 rings (SSSR count). The Hall–Kier alpha value is -2.88. The first-order chi connectivity index (χ1) is 13.2. The second kappa shape index (κ2) is 7.78. The predicted molar refractivity (Wildman–Crippen MR) is 109 cm³/mol. The van der Waals surface area contributed by atoms with Gasteiger partial charge in [0.15, 0.2) is 0 Å². The van der Waals surface area contributed by atoms with Gasteiger partial charge in [-0.25, -0.2) is 4.98 Å². The molecule has 1 amide bonds. The normalized spacial score (nSPS) is 13.2. The zero-order valence-electron chi connectivity index (χ0n) is 15.7. The van der Waals surface area contributed by atoms with Crippen molar-refractivity contribution in [3.05, 3.63) is 71.5 Å². The first-order valence-corrected chi connectivity index (χ1v) is 9.69. The molecule has 4 heteroatoms. The molecule has 0 spiro atoms. The zero-order valence-corrected chi connectivity index (χ0v) is 15.7. The van der Waals surface area contributed by atoms with Crippen molar-refractivity contribution in [1.29, 1.82) is 0 Å². The van der Waals surface area contributed by atoms with E-state index in [4.69, 9.17) is 0 Å². The zero-order chi connectivity index (χ0) is 18.6. The largest absolute Gasteiger partial charge is 0.328 e. The van der Waals surface area contributed by atoms with Crippen molar-refractivity contribution in [2.45, 2.75) is 45.6 Å². The fourth-order valence-electron chi connectivity index (χ4n) is 3.72. The molecule has 1 aromatic heterocycles. The third-order valence-corrected chi connectivity index (χ3v) is 5.15. The lowest BCUT2D eigenvalue weighted by Gasteiger charge is -2.16. The summed E-state index contributed by atoms with van der Waals surface area (Å²) >= 11 is 0. The van der Waals surface area contributed by atoms with Crippen molar-refractivity contribution >= 4 is 11.6 Å². The van der Waals surface area contributed by atoms with Gasteiger partial charge in [-0.05, 0) is 62.4 Å². The summed E-state index contributed by atoms with van der Waals surface area (Å²) in [5, 5.41) is 3.00. The molecule has 1 aliphatic heterocycles. The summed E-state index contributed by atoms with van der Waals surface area (Å²) in [7, 11) is 0. The number of hydrogen-bond acceptors (Lipinski definition) is 2. The highest BCUT2D eigenvalue weighted by Gasteiger charge is 2.15. The van der Waals surface area contributed by atoms with Crippen molar-refractivity contribution in [3.8, 4) is 11.4 Å². The highest BCUT2D eigenvalue weighted by molar-refractivity contribution is 5.91. The molecule has 3 aromatic rings. The number of imidazole rings is 1. The first kappa shape index (κ1) is 17.5. The van der Waals surface area contributed by atoms with Crippen LogP contribution >= 0.6 is 0 Å². The van der Waals surface area contributed by atoms with Crippen LogP contribution in [0.25, 0.3) is 11.4 Å². The smallest absolute Gasteiger partial charge is 0.224 e. The number of nitrogens with one attached hydrogen (secondary N) is 1. The van der Waals surface area contributed by atoms with Crippen LogP contribution in [0.1, 0.15) is 36.1 Å². The predicted octanol–water partition coefficient (Wildman–Crippen LogP) is 4.77. The number of aromatic nitrogens is 2. The Kier molecular flexibility index (Phi) is 5.05. The van der Waals surface area contributed by atoms with Gasteiger partial charge in [0.05, 0.1) is 0 Å². The van der Waals surface area contributed by atoms with Crippen LogP contribution in [0.3, 0.4) is 0 Å². The summed E-state index contributed by atoms with van der Waals surface area (Å²) < 4.78 is 2.32. The lowest BCUT2D eigenvalue weighted by molar-refractivity contribution is -0.116. The van der Waals surface area contributed by atoms with Crippen LogP contribution in [-0.2, 0) is 24.2 Å². The molecule has 0 radical (unpaired) electrons. The highest BCUT2D eigenvalue weighted by Crippen LogP contribution is 2.25. The van der Waals surface area contributed by atoms with Gasteiger partial charge in [-0.15, -0.1) is 0 Å². The minimum atomic E-state index is 0.0439. The fourth-order valence-corrected chi connectivity index (χ4v) is 3.72. The molecule has 4 nitrogen and oxygen atoms in total. The molecule has 0 atom stereocenters. The van der Waals surface area contributed by atoms with Crippen molar-refractivity contribution in [2.24, 2.45) is 0 Å². The van der Waals surface area contributed by atoms with E-state index in [1.54, 1.807) is 0 Å². The standard InChI is InChI=1S/C23H25N3O/c1-17-5-4-6-18(15-17)8-13-22(27)25-20-11-9-19(10-12-20)23-24-16-21-7-2-3-14-26(21)23/h4-6,9-12,15-16H,2-3,7-8,13-14H2,1H3,(H,25,27). The lowest BCUT2D eigenvalue weighted by Crippen LogP contribution is -2.12. The van der Waals surface area contributed by atoms with Gasteiger partial charge in [-0.3, -0.25) is 4.79 Å². The second-order valence-electron chi connectivity index (χ2n) is 7.30. The molecular weight excluding hydrogens is 334 g/mol. The van der Waals surface area contributed by atoms with E-state index >= 15 is 0 Å². The van der Waals surface area contributed by atoms with Crippen LogP contribution in [0.5, 0.6) is 0 Å². The van der Waals surface area contributed by atoms with E-state index in [9.17, 15) is 4.79 Å². The van der Waals surface area contributed by atoms with Crippen LogP contribution in [0.4, 0.5) is 5.69 Å². The molecular formula is C23H25N3O. The number of amides is 1. The molecule has 0 fully saturated rings. The molecule has 27 heavy (non-hydrogen) atoms. The Labute approximate surface area is 160 Å². The lowest BCUT2D eigenvalue weighted by atomic mass is 10.1. The maximum Gasteiger partial charge on any atom is 0.224 e. The first-order valence-electron chi connectivity index (χ1n) is 9.69. The molecule has 1 aliphatic rings. The Balaban J connectivity index is 1.38. The minimum Gasteiger partial charge on any atom is -0.328 e. The second-order valence-corrected chi connectivity index (χ2v) is 7.30. The number of carbonyl (C=O) groups is 1. The maximum absolute atomic E-state index is 12.2. The van der Waals surface area contributed by atoms with Gasteiger partial charge < -0.3 is 9.88 Å². The van der Waals surface area contributed by atoms with E-state index in [2.05, 4.69) is 40.0 Å². The summed E-state index contributed by atoms with van der Waals surface area (Å²) in [6, 6.07) is 16.3. The van der Waals surface area contributed by atoms with Crippen LogP contribution in [0.2, 0.25) is 0 Å². The van der Waals surface area contributed by atoms with E-state index in [0.717, 1.165) is 36.5 Å². The average molecular weight is 359 g/mol. The van der Waals surface area contributed by atoms with Gasteiger partial charge in [0, 0.05) is 36.1 Å². The van der Waals surface area contributed by atoms with Crippen molar-refractivity contribution in [3.63, 3.8) is 0 Å². The topological polar surface area (TPSA) is 46.9 Å².